The van der Waals surface area contributed by atoms with Crippen molar-refractivity contribution in [1.29, 1.82) is 0 Å². The fraction of sp³-hybridized carbons (Fsp3) is 0.364. The first kappa shape index (κ1) is 21.5. The van der Waals surface area contributed by atoms with E-state index in [0.717, 1.165) is 11.0 Å². The summed E-state index contributed by atoms with van der Waals surface area (Å²) in [5.41, 5.74) is 1.72. The number of amides is 1. The molecule has 0 N–H and O–H groups in total. The first-order valence-corrected chi connectivity index (χ1v) is 10.4. The summed E-state index contributed by atoms with van der Waals surface area (Å²) in [6, 6.07) is 13.1. The monoisotopic (exact) mass is 433 g/mol. The van der Waals surface area contributed by atoms with E-state index in [1.165, 1.54) is 0 Å². The molecule has 2 aromatic carbocycles. The molecular formula is C22H25Cl2N3O2. The van der Waals surface area contributed by atoms with Crippen LogP contribution in [0.1, 0.15) is 33.5 Å². The molecule has 1 heterocycles. The van der Waals surface area contributed by atoms with Crippen LogP contribution in [0, 0.1) is 0 Å². The zero-order valence-electron chi connectivity index (χ0n) is 17.0. The molecule has 3 rings (SSSR count). The summed E-state index contributed by atoms with van der Waals surface area (Å²) in [7, 11) is 0. The Bertz CT molecular complexity index is 1010. The number of carbonyl (C=O) groups excluding carboxylic acids is 1. The number of ether oxygens (including phenoxy) is 1. The molecule has 0 radical (unpaired) electrons. The predicted molar refractivity (Wildman–Crippen MR) is 118 cm³/mol. The van der Waals surface area contributed by atoms with Crippen molar-refractivity contribution in [3.63, 3.8) is 0 Å². The molecule has 29 heavy (non-hydrogen) atoms. The summed E-state index contributed by atoms with van der Waals surface area (Å²) >= 11 is 12.2. The van der Waals surface area contributed by atoms with Gasteiger partial charge in [-0.05, 0) is 58.0 Å². The van der Waals surface area contributed by atoms with Gasteiger partial charge < -0.3 is 14.2 Å². The predicted octanol–water partition coefficient (Wildman–Crippen LogP) is 5.57. The lowest BCUT2D eigenvalue weighted by Crippen LogP contribution is -2.43. The van der Waals surface area contributed by atoms with Crippen molar-refractivity contribution in [3.8, 4) is 5.75 Å². The minimum Gasteiger partial charge on any atom is -0.484 e. The molecule has 0 saturated heterocycles. The molecule has 154 valence electrons. The number of fused-ring (bicyclic) bond motifs is 1. The Morgan fingerprint density at radius 2 is 1.79 bits per heavy atom. The molecule has 0 atom stereocenters. The van der Waals surface area contributed by atoms with E-state index in [9.17, 15) is 4.79 Å². The van der Waals surface area contributed by atoms with Gasteiger partial charge in [-0.1, -0.05) is 35.3 Å². The fourth-order valence-electron chi connectivity index (χ4n) is 3.54. The van der Waals surface area contributed by atoms with E-state index in [1.54, 1.807) is 18.2 Å². The summed E-state index contributed by atoms with van der Waals surface area (Å²) in [4.78, 5) is 19.6. The highest BCUT2D eigenvalue weighted by Crippen LogP contribution is 2.28. The van der Waals surface area contributed by atoms with Gasteiger partial charge in [0, 0.05) is 17.1 Å². The number of rotatable bonds is 7. The van der Waals surface area contributed by atoms with Crippen LogP contribution in [0.2, 0.25) is 10.0 Å². The summed E-state index contributed by atoms with van der Waals surface area (Å²) in [5, 5.41) is 0.977. The van der Waals surface area contributed by atoms with Gasteiger partial charge in [-0.15, -0.1) is 0 Å². The Balaban J connectivity index is 1.90. The maximum absolute atomic E-state index is 13.1. The lowest BCUT2D eigenvalue weighted by Gasteiger charge is -2.31. The van der Waals surface area contributed by atoms with Crippen molar-refractivity contribution in [2.75, 3.05) is 0 Å². The lowest BCUT2D eigenvalue weighted by atomic mass is 10.2. The summed E-state index contributed by atoms with van der Waals surface area (Å²) in [6.07, 6.45) is 0. The fourth-order valence-corrected chi connectivity index (χ4v) is 4.00. The average molecular weight is 434 g/mol. The van der Waals surface area contributed by atoms with E-state index in [0.29, 0.717) is 21.6 Å². The van der Waals surface area contributed by atoms with Gasteiger partial charge in [-0.25, -0.2) is 4.98 Å². The molecule has 1 amide bonds. The van der Waals surface area contributed by atoms with E-state index in [2.05, 4.69) is 4.98 Å². The smallest absolute Gasteiger partial charge is 0.243 e. The number of benzene rings is 2. The highest BCUT2D eigenvalue weighted by Gasteiger charge is 2.22. The molecule has 0 aliphatic rings. The van der Waals surface area contributed by atoms with Crippen LogP contribution >= 0.6 is 23.2 Å². The van der Waals surface area contributed by atoms with Gasteiger partial charge in [0.1, 0.15) is 24.7 Å². The summed E-state index contributed by atoms with van der Waals surface area (Å²) in [5.74, 6) is 1.23. The van der Waals surface area contributed by atoms with Crippen molar-refractivity contribution in [2.45, 2.75) is 52.9 Å². The highest BCUT2D eigenvalue weighted by molar-refractivity contribution is 6.35. The molecule has 0 aliphatic carbocycles. The topological polar surface area (TPSA) is 47.4 Å². The lowest BCUT2D eigenvalue weighted by molar-refractivity contribution is -0.135. The second-order valence-electron chi connectivity index (χ2n) is 7.45. The Hall–Kier alpha value is -2.24. The molecule has 5 nitrogen and oxygen atoms in total. The molecule has 0 bridgehead atoms. The van der Waals surface area contributed by atoms with Gasteiger partial charge in [-0.3, -0.25) is 4.79 Å². The molecule has 0 saturated carbocycles. The number of imidazole rings is 1. The van der Waals surface area contributed by atoms with E-state index in [1.807, 2.05) is 61.4 Å². The molecule has 0 unspecified atom stereocenters. The minimum atomic E-state index is 0.0453. The number of carbonyl (C=O) groups is 1. The maximum atomic E-state index is 13.1. The van der Waals surface area contributed by atoms with Crippen LogP contribution < -0.4 is 4.74 Å². The van der Waals surface area contributed by atoms with Crippen molar-refractivity contribution in [2.24, 2.45) is 0 Å². The number of hydrogen-bond donors (Lipinski definition) is 0. The second kappa shape index (κ2) is 9.06. The molecule has 0 spiro atoms. The maximum Gasteiger partial charge on any atom is 0.243 e. The van der Waals surface area contributed by atoms with Crippen LogP contribution in [0.25, 0.3) is 11.0 Å². The zero-order valence-corrected chi connectivity index (χ0v) is 18.5. The van der Waals surface area contributed by atoms with Gasteiger partial charge in [0.05, 0.1) is 16.1 Å². The van der Waals surface area contributed by atoms with E-state index in [4.69, 9.17) is 27.9 Å². The standard InChI is InChI=1S/C22H25Cl2N3O2/c1-14(2)27(15(3)4)22(28)12-26-19-8-6-5-7-18(19)25-21(26)13-29-20-10-9-16(23)11-17(20)24/h5-11,14-15H,12-13H2,1-4H3. The van der Waals surface area contributed by atoms with Crippen LogP contribution in [-0.2, 0) is 17.9 Å². The quantitative estimate of drug-likeness (QED) is 0.489. The van der Waals surface area contributed by atoms with Gasteiger partial charge in [0.25, 0.3) is 0 Å². The Morgan fingerprint density at radius 3 is 2.45 bits per heavy atom. The normalized spacial score (nSPS) is 11.4. The molecule has 0 aliphatic heterocycles. The average Bonchev–Trinajstić information content (AvgIpc) is 2.98. The van der Waals surface area contributed by atoms with Crippen LogP contribution in [0.5, 0.6) is 5.75 Å². The van der Waals surface area contributed by atoms with Gasteiger partial charge in [0.2, 0.25) is 5.91 Å². The highest BCUT2D eigenvalue weighted by atomic mass is 35.5. The largest absolute Gasteiger partial charge is 0.484 e. The number of nitrogens with zero attached hydrogens (tertiary/aromatic N) is 3. The Morgan fingerprint density at radius 1 is 1.10 bits per heavy atom. The van der Waals surface area contributed by atoms with Gasteiger partial charge in [-0.2, -0.15) is 0 Å². The van der Waals surface area contributed by atoms with Crippen LogP contribution in [-0.4, -0.2) is 32.4 Å². The molecule has 1 aromatic heterocycles. The Labute approximate surface area is 181 Å². The molecule has 7 heteroatoms. The third-order valence-corrected chi connectivity index (χ3v) is 5.21. The van der Waals surface area contributed by atoms with Crippen LogP contribution in [0.3, 0.4) is 0 Å². The summed E-state index contributed by atoms with van der Waals surface area (Å²) < 4.78 is 7.80. The van der Waals surface area contributed by atoms with Gasteiger partial charge in [0.15, 0.2) is 0 Å². The number of aromatic nitrogens is 2. The third kappa shape index (κ3) is 4.85. The number of halogens is 2. The second-order valence-corrected chi connectivity index (χ2v) is 8.30. The zero-order chi connectivity index (χ0) is 21.1. The van der Waals surface area contributed by atoms with Gasteiger partial charge >= 0.3 is 0 Å². The Kier molecular flexibility index (Phi) is 6.70. The van der Waals surface area contributed by atoms with E-state index in [-0.39, 0.29) is 31.1 Å². The first-order valence-electron chi connectivity index (χ1n) is 9.61. The number of para-hydroxylation sites is 2. The SMILES string of the molecule is CC(C)N(C(=O)Cn1c(COc2ccc(Cl)cc2Cl)nc2ccccc21)C(C)C. The first-order chi connectivity index (χ1) is 13.8. The van der Waals surface area contributed by atoms with Crippen LogP contribution in [0.4, 0.5) is 0 Å². The van der Waals surface area contributed by atoms with E-state index >= 15 is 0 Å². The van der Waals surface area contributed by atoms with Crippen molar-refractivity contribution in [3.05, 3.63) is 58.3 Å². The third-order valence-electron chi connectivity index (χ3n) is 4.68. The van der Waals surface area contributed by atoms with Crippen molar-refractivity contribution in [1.82, 2.24) is 14.5 Å². The molecular weight excluding hydrogens is 409 g/mol. The molecule has 3 aromatic rings. The van der Waals surface area contributed by atoms with Crippen LogP contribution in [0.15, 0.2) is 42.5 Å². The van der Waals surface area contributed by atoms with Crippen molar-refractivity contribution >= 4 is 40.1 Å². The minimum absolute atomic E-state index is 0.0453. The summed E-state index contributed by atoms with van der Waals surface area (Å²) in [6.45, 7) is 8.48. The number of hydrogen-bond acceptors (Lipinski definition) is 3. The van der Waals surface area contributed by atoms with Crippen molar-refractivity contribution < 1.29 is 9.53 Å². The molecule has 0 fully saturated rings. The van der Waals surface area contributed by atoms with E-state index < -0.39 is 0 Å².